The number of anilines is 2. The molecule has 0 aliphatic heterocycles. The lowest BCUT2D eigenvalue weighted by Gasteiger charge is -2.38. The fraction of sp³-hybridized carbons (Fsp3) is 0.500. The van der Waals surface area contributed by atoms with Gasteiger partial charge in [0, 0.05) is 25.6 Å². The van der Waals surface area contributed by atoms with Crippen LogP contribution >= 0.6 is 11.3 Å². The highest BCUT2D eigenvalue weighted by atomic mass is 32.1. The molecule has 0 saturated carbocycles. The van der Waals surface area contributed by atoms with Gasteiger partial charge in [-0.05, 0) is 68.4 Å². The van der Waals surface area contributed by atoms with Gasteiger partial charge < -0.3 is 19.7 Å². The van der Waals surface area contributed by atoms with Crippen LogP contribution in [-0.4, -0.2) is 55.2 Å². The number of thiophene rings is 1. The summed E-state index contributed by atoms with van der Waals surface area (Å²) in [6.45, 7) is 7.44. The summed E-state index contributed by atoms with van der Waals surface area (Å²) in [7, 11) is 5.23. The third-order valence-corrected chi connectivity index (χ3v) is 8.34. The van der Waals surface area contributed by atoms with Crippen molar-refractivity contribution in [2.75, 3.05) is 39.7 Å². The second-order valence-electron chi connectivity index (χ2n) is 9.20. The van der Waals surface area contributed by atoms with E-state index in [1.807, 2.05) is 18.0 Å². The molecule has 34 heavy (non-hydrogen) atoms. The van der Waals surface area contributed by atoms with E-state index < -0.39 is 0 Å². The SMILES string of the molecule is CCC1(C(=O)N(C)CCOC)CCc2c(sc3ncnc(Nc4cc(C)c(C)cc4OC)c23)C1. The number of ether oxygens (including phenoxy) is 2. The van der Waals surface area contributed by atoms with Gasteiger partial charge in [0.15, 0.2) is 0 Å². The molecule has 1 N–H and O–H groups in total. The van der Waals surface area contributed by atoms with Crippen LogP contribution < -0.4 is 10.1 Å². The number of hydrogen-bond acceptors (Lipinski definition) is 7. The van der Waals surface area contributed by atoms with Crippen molar-refractivity contribution in [1.29, 1.82) is 0 Å². The largest absolute Gasteiger partial charge is 0.495 e. The number of carbonyl (C=O) groups is 1. The molecule has 0 bridgehead atoms. The predicted octanol–water partition coefficient (Wildman–Crippen LogP) is 5.05. The molecule has 1 aliphatic rings. The number of rotatable bonds is 8. The maximum Gasteiger partial charge on any atom is 0.228 e. The highest BCUT2D eigenvalue weighted by molar-refractivity contribution is 7.19. The van der Waals surface area contributed by atoms with E-state index in [0.29, 0.717) is 13.2 Å². The van der Waals surface area contributed by atoms with E-state index in [-0.39, 0.29) is 11.3 Å². The maximum atomic E-state index is 13.4. The number of aryl methyl sites for hydroxylation is 3. The van der Waals surface area contributed by atoms with Crippen LogP contribution in [0.2, 0.25) is 0 Å². The second-order valence-corrected chi connectivity index (χ2v) is 10.3. The minimum Gasteiger partial charge on any atom is -0.495 e. The first-order chi connectivity index (χ1) is 16.3. The van der Waals surface area contributed by atoms with E-state index in [4.69, 9.17) is 9.47 Å². The number of methoxy groups -OCH3 is 2. The molecule has 0 spiro atoms. The van der Waals surface area contributed by atoms with E-state index >= 15 is 0 Å². The quantitative estimate of drug-likeness (QED) is 0.484. The Labute approximate surface area is 205 Å². The van der Waals surface area contributed by atoms with Gasteiger partial charge in [-0.2, -0.15) is 0 Å². The lowest BCUT2D eigenvalue weighted by molar-refractivity contribution is -0.142. The van der Waals surface area contributed by atoms with Gasteiger partial charge in [0.25, 0.3) is 0 Å². The van der Waals surface area contributed by atoms with Gasteiger partial charge in [-0.15, -0.1) is 11.3 Å². The molecular formula is C26H34N4O3S. The topological polar surface area (TPSA) is 76.6 Å². The lowest BCUT2D eigenvalue weighted by atomic mass is 9.71. The summed E-state index contributed by atoms with van der Waals surface area (Å²) in [5.74, 6) is 1.78. The van der Waals surface area contributed by atoms with Crippen LogP contribution in [0.3, 0.4) is 0 Å². The summed E-state index contributed by atoms with van der Waals surface area (Å²) in [6.07, 6.45) is 4.81. The summed E-state index contributed by atoms with van der Waals surface area (Å²) >= 11 is 1.69. The molecule has 7 nitrogen and oxygen atoms in total. The fourth-order valence-corrected chi connectivity index (χ4v) is 6.18. The average molecular weight is 483 g/mol. The average Bonchev–Trinajstić information content (AvgIpc) is 3.22. The molecule has 182 valence electrons. The van der Waals surface area contributed by atoms with Crippen molar-refractivity contribution in [2.24, 2.45) is 5.41 Å². The molecule has 0 saturated heterocycles. The van der Waals surface area contributed by atoms with E-state index in [0.717, 1.165) is 53.2 Å². The van der Waals surface area contributed by atoms with E-state index in [9.17, 15) is 4.79 Å². The van der Waals surface area contributed by atoms with Crippen molar-refractivity contribution in [1.82, 2.24) is 14.9 Å². The number of benzene rings is 1. The first kappa shape index (κ1) is 24.4. The molecule has 0 fully saturated rings. The molecule has 2 heterocycles. The monoisotopic (exact) mass is 482 g/mol. The molecule has 1 atom stereocenters. The van der Waals surface area contributed by atoms with Gasteiger partial charge in [0.2, 0.25) is 5.91 Å². The summed E-state index contributed by atoms with van der Waals surface area (Å²) in [4.78, 5) is 26.6. The number of aromatic nitrogens is 2. The highest BCUT2D eigenvalue weighted by Crippen LogP contribution is 2.47. The van der Waals surface area contributed by atoms with Crippen LogP contribution in [0.5, 0.6) is 5.75 Å². The number of likely N-dealkylation sites (N-methyl/N-ethyl adjacent to an activating group) is 1. The van der Waals surface area contributed by atoms with Gasteiger partial charge >= 0.3 is 0 Å². The fourth-order valence-electron chi connectivity index (χ4n) is 4.85. The Morgan fingerprint density at radius 1 is 1.24 bits per heavy atom. The van der Waals surface area contributed by atoms with Crippen molar-refractivity contribution >= 4 is 39.0 Å². The molecule has 2 aromatic heterocycles. The van der Waals surface area contributed by atoms with E-state index in [1.54, 1.807) is 31.9 Å². The number of fused-ring (bicyclic) bond motifs is 3. The summed E-state index contributed by atoms with van der Waals surface area (Å²) in [5, 5.41) is 4.57. The standard InChI is InChI=1S/C26H34N4O3S/c1-7-26(25(31)30(4)10-11-32-5)9-8-18-21(14-26)34-24-22(18)23(27-15-28-24)29-19-12-16(2)17(3)13-20(19)33-6/h12-13,15H,7-11,14H2,1-6H3,(H,27,28,29). The predicted molar refractivity (Wildman–Crippen MR) is 137 cm³/mol. The van der Waals surface area contributed by atoms with Crippen molar-refractivity contribution in [3.05, 3.63) is 40.0 Å². The van der Waals surface area contributed by atoms with Crippen LogP contribution in [-0.2, 0) is 22.4 Å². The number of carbonyl (C=O) groups excluding carboxylic acids is 1. The Morgan fingerprint density at radius 3 is 2.71 bits per heavy atom. The Bertz CT molecular complexity index is 1210. The number of nitrogens with zero attached hydrogens (tertiary/aromatic N) is 3. The van der Waals surface area contributed by atoms with Crippen LogP contribution in [0, 0.1) is 19.3 Å². The Kier molecular flexibility index (Phi) is 7.09. The molecule has 1 amide bonds. The summed E-state index contributed by atoms with van der Waals surface area (Å²) in [5.41, 5.74) is 4.14. The smallest absolute Gasteiger partial charge is 0.228 e. The van der Waals surface area contributed by atoms with Crippen LogP contribution in [0.1, 0.15) is 41.3 Å². The van der Waals surface area contributed by atoms with Crippen molar-refractivity contribution in [2.45, 2.75) is 46.5 Å². The zero-order valence-corrected chi connectivity index (χ0v) is 21.8. The zero-order chi connectivity index (χ0) is 24.5. The molecule has 1 aromatic carbocycles. The Hall–Kier alpha value is -2.71. The van der Waals surface area contributed by atoms with Gasteiger partial charge in [-0.3, -0.25) is 4.79 Å². The van der Waals surface area contributed by atoms with Gasteiger partial charge in [-0.1, -0.05) is 6.92 Å². The molecule has 0 radical (unpaired) electrons. The summed E-state index contributed by atoms with van der Waals surface area (Å²) < 4.78 is 10.8. The third-order valence-electron chi connectivity index (χ3n) is 7.20. The number of hydrogen-bond donors (Lipinski definition) is 1. The zero-order valence-electron chi connectivity index (χ0n) is 20.9. The third kappa shape index (κ3) is 4.36. The first-order valence-corrected chi connectivity index (χ1v) is 12.6. The van der Waals surface area contributed by atoms with Crippen LogP contribution in [0.25, 0.3) is 10.2 Å². The minimum atomic E-state index is -0.380. The first-order valence-electron chi connectivity index (χ1n) is 11.8. The molecule has 1 aliphatic carbocycles. The molecule has 8 heteroatoms. The van der Waals surface area contributed by atoms with Crippen LogP contribution in [0.4, 0.5) is 11.5 Å². The van der Waals surface area contributed by atoms with Crippen molar-refractivity contribution in [3.63, 3.8) is 0 Å². The Balaban J connectivity index is 1.70. The maximum absolute atomic E-state index is 13.4. The lowest BCUT2D eigenvalue weighted by Crippen LogP contribution is -2.45. The van der Waals surface area contributed by atoms with Crippen LogP contribution in [0.15, 0.2) is 18.5 Å². The summed E-state index contributed by atoms with van der Waals surface area (Å²) in [6, 6.07) is 4.14. The number of amides is 1. The molecular weight excluding hydrogens is 448 g/mol. The molecule has 4 rings (SSSR count). The van der Waals surface area contributed by atoms with Gasteiger partial charge in [-0.25, -0.2) is 9.97 Å². The van der Waals surface area contributed by atoms with Crippen molar-refractivity contribution in [3.8, 4) is 5.75 Å². The minimum absolute atomic E-state index is 0.208. The van der Waals surface area contributed by atoms with E-state index in [1.165, 1.54) is 21.6 Å². The number of nitrogens with one attached hydrogen (secondary N) is 1. The Morgan fingerprint density at radius 2 is 2.00 bits per heavy atom. The van der Waals surface area contributed by atoms with Gasteiger partial charge in [0.05, 0.1) is 30.2 Å². The van der Waals surface area contributed by atoms with Crippen molar-refractivity contribution < 1.29 is 14.3 Å². The highest BCUT2D eigenvalue weighted by Gasteiger charge is 2.43. The molecule has 1 unspecified atom stereocenters. The normalized spacial score (nSPS) is 17.5. The van der Waals surface area contributed by atoms with E-state index in [2.05, 4.69) is 42.1 Å². The second kappa shape index (κ2) is 9.88. The molecule has 3 aromatic rings. The van der Waals surface area contributed by atoms with Gasteiger partial charge in [0.1, 0.15) is 22.7 Å².